The van der Waals surface area contributed by atoms with E-state index in [9.17, 15) is 24.0 Å². The standard InChI is InChI=1S/C30H28N2O7S/c1-16-20(24(34)23(16)33)19-15-40-27-21(31-29(37)39-30(2,3)4)26(35)32(27)22(19)28(36)38-25(17-11-7-5-8-12-17)18-13-9-6-10-14-18/h5-14,21,25,27H,15H2,1-4H3,(H,31,37)/t21?,27-/m0/s1. The zero-order chi connectivity index (χ0) is 28.8. The summed E-state index contributed by atoms with van der Waals surface area (Å²) < 4.78 is 11.4. The number of alkyl carbamates (subject to hydrolysis) is 1. The Morgan fingerprint density at radius 2 is 1.52 bits per heavy atom. The Morgan fingerprint density at radius 1 is 0.950 bits per heavy atom. The monoisotopic (exact) mass is 560 g/mol. The number of fused-ring (bicyclic) bond motifs is 1. The van der Waals surface area contributed by atoms with Gasteiger partial charge in [0.05, 0.1) is 0 Å². The summed E-state index contributed by atoms with van der Waals surface area (Å²) in [6.07, 6.45) is -1.55. The van der Waals surface area contributed by atoms with Crippen molar-refractivity contribution in [2.45, 2.75) is 50.8 Å². The van der Waals surface area contributed by atoms with Gasteiger partial charge in [-0.05, 0) is 38.8 Å². The van der Waals surface area contributed by atoms with E-state index >= 15 is 0 Å². The number of nitrogens with zero attached hydrogens (tertiary/aromatic N) is 1. The topological polar surface area (TPSA) is 119 Å². The molecule has 3 aromatic carbocycles. The maximum absolute atomic E-state index is 13.9. The molecule has 0 aromatic heterocycles. The molecule has 1 N–H and O–H groups in total. The van der Waals surface area contributed by atoms with Crippen molar-refractivity contribution in [2.75, 3.05) is 5.75 Å². The van der Waals surface area contributed by atoms with E-state index in [0.717, 1.165) is 11.1 Å². The molecule has 5 rings (SSSR count). The SMILES string of the molecule is Cc1c(C2=C(C(=O)OC(c3ccccc3)c3ccccc3)N3C(=O)C(NC(=O)OC(C)(C)C)[C@@H]3SC2)c(=O)c1=O. The van der Waals surface area contributed by atoms with Crippen LogP contribution in [0, 0.1) is 6.92 Å². The lowest BCUT2D eigenvalue weighted by molar-refractivity contribution is -0.153. The number of thioether (sulfide) groups is 1. The molecule has 2 heterocycles. The average Bonchev–Trinajstić information content (AvgIpc) is 2.94. The lowest BCUT2D eigenvalue weighted by atomic mass is 9.92. The van der Waals surface area contributed by atoms with Gasteiger partial charge in [-0.15, -0.1) is 11.8 Å². The number of nitrogens with one attached hydrogen (secondary N) is 1. The number of hydrogen-bond donors (Lipinski definition) is 1. The molecule has 1 fully saturated rings. The van der Waals surface area contributed by atoms with E-state index in [1.165, 1.54) is 23.6 Å². The molecular formula is C30H28N2O7S. The van der Waals surface area contributed by atoms with E-state index in [-0.39, 0.29) is 28.1 Å². The quantitative estimate of drug-likeness (QED) is 0.277. The van der Waals surface area contributed by atoms with Gasteiger partial charge in [-0.25, -0.2) is 9.59 Å². The Labute approximate surface area is 234 Å². The molecule has 1 saturated heterocycles. The molecule has 0 aliphatic carbocycles. The predicted octanol–water partition coefficient (Wildman–Crippen LogP) is 3.44. The first-order chi connectivity index (χ1) is 19.0. The van der Waals surface area contributed by atoms with E-state index in [1.54, 1.807) is 20.8 Å². The van der Waals surface area contributed by atoms with Crippen LogP contribution in [-0.2, 0) is 19.1 Å². The summed E-state index contributed by atoms with van der Waals surface area (Å²) in [5.41, 5.74) is -0.0852. The molecule has 0 saturated carbocycles. The number of rotatable bonds is 6. The van der Waals surface area contributed by atoms with Gasteiger partial charge in [0, 0.05) is 22.5 Å². The van der Waals surface area contributed by atoms with Crippen molar-refractivity contribution in [3.05, 3.63) is 109 Å². The van der Waals surface area contributed by atoms with E-state index in [1.807, 2.05) is 60.7 Å². The normalized spacial score (nSPS) is 18.8. The van der Waals surface area contributed by atoms with Crippen LogP contribution in [0.1, 0.15) is 49.1 Å². The highest BCUT2D eigenvalue weighted by molar-refractivity contribution is 8.00. The molecular weight excluding hydrogens is 532 g/mol. The summed E-state index contributed by atoms with van der Waals surface area (Å²) in [4.78, 5) is 65.6. The molecule has 10 heteroatoms. The molecule has 0 bridgehead atoms. The maximum atomic E-state index is 13.9. The highest BCUT2D eigenvalue weighted by Crippen LogP contribution is 2.44. The van der Waals surface area contributed by atoms with Gasteiger partial charge in [-0.3, -0.25) is 19.3 Å². The number of amides is 2. The van der Waals surface area contributed by atoms with Gasteiger partial charge in [0.25, 0.3) is 5.91 Å². The second kappa shape index (κ2) is 10.4. The largest absolute Gasteiger partial charge is 0.448 e. The zero-order valence-corrected chi connectivity index (χ0v) is 23.2. The van der Waals surface area contributed by atoms with Crippen LogP contribution in [0.5, 0.6) is 0 Å². The highest BCUT2D eigenvalue weighted by Gasteiger charge is 2.55. The summed E-state index contributed by atoms with van der Waals surface area (Å²) >= 11 is 1.28. The molecule has 0 spiro atoms. The second-order valence-electron chi connectivity index (χ2n) is 10.6. The number of esters is 1. The first-order valence-electron chi connectivity index (χ1n) is 12.8. The molecule has 9 nitrogen and oxygen atoms in total. The van der Waals surface area contributed by atoms with Crippen LogP contribution < -0.4 is 16.2 Å². The van der Waals surface area contributed by atoms with E-state index in [0.29, 0.717) is 0 Å². The lowest BCUT2D eigenvalue weighted by Gasteiger charge is -2.49. The molecule has 0 radical (unpaired) electrons. The molecule has 3 aromatic rings. The van der Waals surface area contributed by atoms with E-state index < -0.39 is 51.9 Å². The first-order valence-corrected chi connectivity index (χ1v) is 13.8. The summed E-state index contributed by atoms with van der Waals surface area (Å²) in [5.74, 6) is -1.19. The smallest absolute Gasteiger partial charge is 0.408 e. The second-order valence-corrected chi connectivity index (χ2v) is 11.7. The fourth-order valence-corrected chi connectivity index (χ4v) is 6.20. The summed E-state index contributed by atoms with van der Waals surface area (Å²) in [6.45, 7) is 6.65. The number of carbonyl (C=O) groups excluding carboxylic acids is 3. The molecule has 2 aliphatic rings. The van der Waals surface area contributed by atoms with E-state index in [4.69, 9.17) is 9.47 Å². The molecule has 40 heavy (non-hydrogen) atoms. The van der Waals surface area contributed by atoms with Crippen LogP contribution in [0.2, 0.25) is 0 Å². The Kier molecular flexibility index (Phi) is 7.14. The van der Waals surface area contributed by atoms with Crippen LogP contribution in [-0.4, -0.2) is 45.6 Å². The van der Waals surface area contributed by atoms with Crippen molar-refractivity contribution in [2.24, 2.45) is 0 Å². The fourth-order valence-electron chi connectivity index (χ4n) is 4.85. The third-order valence-corrected chi connectivity index (χ3v) is 7.99. The highest BCUT2D eigenvalue weighted by atomic mass is 32.2. The lowest BCUT2D eigenvalue weighted by Crippen LogP contribution is -2.70. The minimum Gasteiger partial charge on any atom is -0.448 e. The Hall–Kier alpha value is -4.18. The molecule has 2 aliphatic heterocycles. The number of hydrogen-bond acceptors (Lipinski definition) is 8. The van der Waals surface area contributed by atoms with Crippen molar-refractivity contribution < 1.29 is 23.9 Å². The summed E-state index contributed by atoms with van der Waals surface area (Å²) in [6, 6.07) is 17.4. The van der Waals surface area contributed by atoms with Gasteiger partial charge in [-0.1, -0.05) is 60.7 Å². The molecule has 2 amide bonds. The minimum atomic E-state index is -0.933. The van der Waals surface area contributed by atoms with Gasteiger partial charge >= 0.3 is 12.1 Å². The van der Waals surface area contributed by atoms with Crippen molar-refractivity contribution in [3.63, 3.8) is 0 Å². The van der Waals surface area contributed by atoms with Gasteiger partial charge < -0.3 is 14.8 Å². The van der Waals surface area contributed by atoms with Crippen LogP contribution >= 0.6 is 11.8 Å². The van der Waals surface area contributed by atoms with Crippen LogP contribution in [0.25, 0.3) is 5.57 Å². The Bertz CT molecular complexity index is 1540. The van der Waals surface area contributed by atoms with Gasteiger partial charge in [0.1, 0.15) is 22.7 Å². The summed E-state index contributed by atoms with van der Waals surface area (Å²) in [7, 11) is 0. The third kappa shape index (κ3) is 4.95. The molecule has 1 unspecified atom stereocenters. The Balaban J connectivity index is 1.51. The van der Waals surface area contributed by atoms with Gasteiger partial charge in [0.15, 0.2) is 6.10 Å². The van der Waals surface area contributed by atoms with Gasteiger partial charge in [0.2, 0.25) is 10.9 Å². The number of carbonyl (C=O) groups is 3. The average molecular weight is 561 g/mol. The number of β-lactam (4-membered cyclic amide) rings is 1. The Morgan fingerprint density at radius 3 is 2.05 bits per heavy atom. The maximum Gasteiger partial charge on any atom is 0.408 e. The zero-order valence-electron chi connectivity index (χ0n) is 22.4. The van der Waals surface area contributed by atoms with Crippen molar-refractivity contribution in [1.82, 2.24) is 10.2 Å². The fraction of sp³-hybridized carbons (Fsp3) is 0.300. The van der Waals surface area contributed by atoms with Crippen LogP contribution in [0.15, 0.2) is 75.9 Å². The van der Waals surface area contributed by atoms with E-state index in [2.05, 4.69) is 5.32 Å². The van der Waals surface area contributed by atoms with Gasteiger partial charge in [-0.2, -0.15) is 0 Å². The van der Waals surface area contributed by atoms with Crippen molar-refractivity contribution >= 4 is 35.3 Å². The number of ether oxygens (including phenoxy) is 2. The van der Waals surface area contributed by atoms with Crippen molar-refractivity contribution in [1.29, 1.82) is 0 Å². The predicted molar refractivity (Wildman–Crippen MR) is 150 cm³/mol. The van der Waals surface area contributed by atoms with Crippen LogP contribution in [0.4, 0.5) is 4.79 Å². The van der Waals surface area contributed by atoms with Crippen LogP contribution in [0.3, 0.4) is 0 Å². The minimum absolute atomic E-state index is 0.0944. The third-order valence-electron chi connectivity index (χ3n) is 6.71. The first kappa shape index (κ1) is 27.4. The number of benzene rings is 2. The molecule has 2 atom stereocenters. The molecule has 206 valence electrons. The summed E-state index contributed by atoms with van der Waals surface area (Å²) in [5, 5.41) is 1.97. The van der Waals surface area contributed by atoms with Crippen molar-refractivity contribution in [3.8, 4) is 0 Å².